The molecule has 0 spiro atoms. The summed E-state index contributed by atoms with van der Waals surface area (Å²) in [7, 11) is -1.16. The van der Waals surface area contributed by atoms with E-state index in [9.17, 15) is 8.42 Å². The monoisotopic (exact) mass is 249 g/mol. The summed E-state index contributed by atoms with van der Waals surface area (Å²) < 4.78 is 26.8. The summed E-state index contributed by atoms with van der Waals surface area (Å²) in [6.45, 7) is 4.45. The molecule has 0 atom stereocenters. The summed E-state index contributed by atoms with van der Waals surface area (Å²) in [6.07, 6.45) is 4.92. The number of hydrogen-bond acceptors (Lipinski definition) is 4. The van der Waals surface area contributed by atoms with E-state index in [1.54, 1.807) is 7.11 Å². The number of sulfone groups is 1. The Morgan fingerprint density at radius 3 is 2.62 bits per heavy atom. The second kappa shape index (κ2) is 8.73. The van der Waals surface area contributed by atoms with Gasteiger partial charge >= 0.3 is 0 Å². The van der Waals surface area contributed by atoms with E-state index in [0.717, 1.165) is 31.7 Å². The van der Waals surface area contributed by atoms with Gasteiger partial charge < -0.3 is 10.1 Å². The molecule has 0 bridgehead atoms. The first-order valence-corrected chi connectivity index (χ1v) is 7.55. The predicted molar refractivity (Wildman–Crippen MR) is 67.4 cm³/mol. The van der Waals surface area contributed by atoms with Gasteiger partial charge in [-0.15, -0.1) is 0 Å². The van der Waals surface area contributed by atoms with E-state index >= 15 is 0 Å². The maximum Gasteiger partial charge on any atom is 0.147 e. The molecule has 1 N–H and O–H groups in total. The molecule has 0 saturated carbocycles. The molecule has 16 heavy (non-hydrogen) atoms. The van der Waals surface area contributed by atoms with Crippen molar-refractivity contribution in [2.45, 2.75) is 19.8 Å². The van der Waals surface area contributed by atoms with Gasteiger partial charge in [0.2, 0.25) is 0 Å². The van der Waals surface area contributed by atoms with Crippen molar-refractivity contribution in [3.05, 3.63) is 11.6 Å². The highest BCUT2D eigenvalue weighted by molar-refractivity contribution is 7.90. The van der Waals surface area contributed by atoms with Crippen LogP contribution in [0.1, 0.15) is 19.8 Å². The van der Waals surface area contributed by atoms with Gasteiger partial charge in [0, 0.05) is 19.9 Å². The molecule has 0 aliphatic heterocycles. The molecular formula is C11H23NO3S. The minimum atomic E-state index is -2.83. The average Bonchev–Trinajstić information content (AvgIpc) is 2.19. The Kier molecular flexibility index (Phi) is 8.51. The van der Waals surface area contributed by atoms with Crippen molar-refractivity contribution in [3.8, 4) is 0 Å². The fourth-order valence-electron chi connectivity index (χ4n) is 1.17. The lowest BCUT2D eigenvalue weighted by molar-refractivity contribution is 0.199. The third-order valence-electron chi connectivity index (χ3n) is 2.16. The molecule has 0 aromatic heterocycles. The fraction of sp³-hybridized carbons (Fsp3) is 0.818. The first-order valence-electron chi connectivity index (χ1n) is 5.48. The molecule has 0 unspecified atom stereocenters. The quantitative estimate of drug-likeness (QED) is 0.489. The molecule has 0 fully saturated rings. The topological polar surface area (TPSA) is 55.4 Å². The third kappa shape index (κ3) is 11.7. The SMILES string of the molecule is COCCNCCC=C(C)CCS(C)(=O)=O. The summed E-state index contributed by atoms with van der Waals surface area (Å²) in [5, 5.41) is 3.23. The number of allylic oxidation sites excluding steroid dienone is 1. The van der Waals surface area contributed by atoms with E-state index in [2.05, 4.69) is 11.4 Å². The molecule has 0 aromatic rings. The van der Waals surface area contributed by atoms with Crippen molar-refractivity contribution in [1.82, 2.24) is 5.32 Å². The maximum atomic E-state index is 10.9. The Morgan fingerprint density at radius 2 is 2.06 bits per heavy atom. The minimum Gasteiger partial charge on any atom is -0.383 e. The van der Waals surface area contributed by atoms with E-state index in [0.29, 0.717) is 6.42 Å². The molecule has 0 heterocycles. The van der Waals surface area contributed by atoms with E-state index in [-0.39, 0.29) is 5.75 Å². The molecule has 96 valence electrons. The van der Waals surface area contributed by atoms with Crippen LogP contribution < -0.4 is 5.32 Å². The molecule has 4 nitrogen and oxygen atoms in total. The van der Waals surface area contributed by atoms with Crippen molar-refractivity contribution < 1.29 is 13.2 Å². The summed E-state index contributed by atoms with van der Waals surface area (Å²) in [5.41, 5.74) is 1.14. The van der Waals surface area contributed by atoms with Crippen LogP contribution in [0.5, 0.6) is 0 Å². The van der Waals surface area contributed by atoms with E-state index < -0.39 is 9.84 Å². The van der Waals surface area contributed by atoms with Crippen LogP contribution in [0.2, 0.25) is 0 Å². The van der Waals surface area contributed by atoms with Gasteiger partial charge in [-0.3, -0.25) is 0 Å². The van der Waals surface area contributed by atoms with Crippen LogP contribution in [0, 0.1) is 0 Å². The Labute approximate surface area is 99.0 Å². The molecule has 0 aliphatic rings. The molecule has 0 rings (SSSR count). The number of methoxy groups -OCH3 is 1. The van der Waals surface area contributed by atoms with Crippen molar-refractivity contribution in [2.24, 2.45) is 0 Å². The zero-order chi connectivity index (χ0) is 12.4. The van der Waals surface area contributed by atoms with Crippen LogP contribution in [0.3, 0.4) is 0 Å². The number of nitrogens with one attached hydrogen (secondary N) is 1. The molecule has 0 amide bonds. The van der Waals surface area contributed by atoms with Crippen LogP contribution in [0.25, 0.3) is 0 Å². The molecule has 5 heteroatoms. The predicted octanol–water partition coefficient (Wildman–Crippen LogP) is 0.994. The van der Waals surface area contributed by atoms with E-state index in [4.69, 9.17) is 4.74 Å². The minimum absolute atomic E-state index is 0.242. The van der Waals surface area contributed by atoms with Crippen molar-refractivity contribution >= 4 is 9.84 Å². The smallest absolute Gasteiger partial charge is 0.147 e. The van der Waals surface area contributed by atoms with Gasteiger partial charge in [-0.2, -0.15) is 0 Å². The third-order valence-corrected chi connectivity index (χ3v) is 3.11. The Balaban J connectivity index is 3.55. The maximum absolute atomic E-state index is 10.9. The molecular weight excluding hydrogens is 226 g/mol. The second-order valence-corrected chi connectivity index (χ2v) is 6.22. The summed E-state index contributed by atoms with van der Waals surface area (Å²) in [5.74, 6) is 0.242. The number of ether oxygens (including phenoxy) is 1. The van der Waals surface area contributed by atoms with Gasteiger partial charge in [0.15, 0.2) is 0 Å². The van der Waals surface area contributed by atoms with Gasteiger partial charge in [0.05, 0.1) is 12.4 Å². The Hall–Kier alpha value is -0.390. The van der Waals surface area contributed by atoms with Crippen LogP contribution in [0.4, 0.5) is 0 Å². The van der Waals surface area contributed by atoms with Gasteiger partial charge in [-0.25, -0.2) is 8.42 Å². The first kappa shape index (κ1) is 15.6. The number of rotatable bonds is 9. The highest BCUT2D eigenvalue weighted by Crippen LogP contribution is 2.03. The highest BCUT2D eigenvalue weighted by atomic mass is 32.2. The van der Waals surface area contributed by atoms with Gasteiger partial charge in [0.1, 0.15) is 9.84 Å². The van der Waals surface area contributed by atoms with Gasteiger partial charge in [-0.05, 0) is 26.3 Å². The average molecular weight is 249 g/mol. The molecule has 0 aromatic carbocycles. The van der Waals surface area contributed by atoms with Gasteiger partial charge in [-0.1, -0.05) is 11.6 Å². The Bertz CT molecular complexity index is 296. The lowest BCUT2D eigenvalue weighted by Gasteiger charge is -2.03. The first-order chi connectivity index (χ1) is 7.45. The molecule has 0 radical (unpaired) electrons. The van der Waals surface area contributed by atoms with Crippen molar-refractivity contribution in [1.29, 1.82) is 0 Å². The van der Waals surface area contributed by atoms with Crippen molar-refractivity contribution in [2.75, 3.05) is 38.8 Å². The molecule has 0 aliphatic carbocycles. The highest BCUT2D eigenvalue weighted by Gasteiger charge is 2.01. The van der Waals surface area contributed by atoms with Crippen molar-refractivity contribution in [3.63, 3.8) is 0 Å². The van der Waals surface area contributed by atoms with Crippen LogP contribution in [0.15, 0.2) is 11.6 Å². The Morgan fingerprint density at radius 1 is 1.38 bits per heavy atom. The standard InChI is InChI=1S/C11H23NO3S/c1-11(6-10-16(3,13)14)5-4-7-12-8-9-15-2/h5,12H,4,6-10H2,1-3H3. The van der Waals surface area contributed by atoms with Crippen LogP contribution >= 0.6 is 0 Å². The van der Waals surface area contributed by atoms with Crippen LogP contribution in [-0.4, -0.2) is 47.2 Å². The second-order valence-electron chi connectivity index (χ2n) is 3.96. The summed E-state index contributed by atoms with van der Waals surface area (Å²) >= 11 is 0. The normalized spacial score (nSPS) is 13.1. The molecule has 0 saturated heterocycles. The zero-order valence-electron chi connectivity index (χ0n) is 10.5. The van der Waals surface area contributed by atoms with Crippen LogP contribution in [-0.2, 0) is 14.6 Å². The fourth-order valence-corrected chi connectivity index (χ4v) is 1.86. The summed E-state index contributed by atoms with van der Waals surface area (Å²) in [6, 6.07) is 0. The van der Waals surface area contributed by atoms with E-state index in [1.165, 1.54) is 6.26 Å². The lowest BCUT2D eigenvalue weighted by atomic mass is 10.2. The lowest BCUT2D eigenvalue weighted by Crippen LogP contribution is -2.19. The zero-order valence-corrected chi connectivity index (χ0v) is 11.3. The van der Waals surface area contributed by atoms with Gasteiger partial charge in [0.25, 0.3) is 0 Å². The number of hydrogen-bond donors (Lipinski definition) is 1. The van der Waals surface area contributed by atoms with E-state index in [1.807, 2.05) is 6.92 Å². The largest absolute Gasteiger partial charge is 0.383 e. The summed E-state index contributed by atoms with van der Waals surface area (Å²) in [4.78, 5) is 0.